The van der Waals surface area contributed by atoms with Gasteiger partial charge in [0.1, 0.15) is 4.60 Å². The molecule has 0 aliphatic heterocycles. The molecule has 0 aromatic carbocycles. The maximum atomic E-state index is 5.48. The highest BCUT2D eigenvalue weighted by atomic mass is 79.9. The minimum absolute atomic E-state index is 0.117. The smallest absolute Gasteiger partial charge is 0.155 e. The van der Waals surface area contributed by atoms with E-state index in [9.17, 15) is 0 Å². The molecule has 0 amide bonds. The van der Waals surface area contributed by atoms with Crippen molar-refractivity contribution in [3.63, 3.8) is 0 Å². The highest BCUT2D eigenvalue weighted by Crippen LogP contribution is 2.10. The number of hydrogen-bond acceptors (Lipinski definition) is 3. The molecule has 0 saturated heterocycles. The summed E-state index contributed by atoms with van der Waals surface area (Å²) in [7, 11) is 0. The average Bonchev–Trinajstić information content (AvgIpc) is 2.77. The molecule has 2 heterocycles. The van der Waals surface area contributed by atoms with Crippen LogP contribution < -0.4 is 5.32 Å². The zero-order valence-corrected chi connectivity index (χ0v) is 11.8. The van der Waals surface area contributed by atoms with Gasteiger partial charge in [0.2, 0.25) is 0 Å². The summed E-state index contributed by atoms with van der Waals surface area (Å²) in [6.45, 7) is 2.83. The van der Waals surface area contributed by atoms with Gasteiger partial charge in [-0.25, -0.2) is 9.97 Å². The molecule has 0 aliphatic rings. The van der Waals surface area contributed by atoms with E-state index < -0.39 is 0 Å². The molecule has 0 bridgehead atoms. The average molecular weight is 307 g/mol. The lowest BCUT2D eigenvalue weighted by Gasteiger charge is -2.11. The zero-order chi connectivity index (χ0) is 13.0. The van der Waals surface area contributed by atoms with Crippen LogP contribution in [-0.2, 0) is 6.54 Å². The summed E-state index contributed by atoms with van der Waals surface area (Å²) >= 11 is 3.36. The van der Waals surface area contributed by atoms with Gasteiger partial charge in [0.05, 0.1) is 24.1 Å². The molecule has 18 heavy (non-hydrogen) atoms. The van der Waals surface area contributed by atoms with Crippen molar-refractivity contribution >= 4 is 21.6 Å². The summed E-state index contributed by atoms with van der Waals surface area (Å²) in [5, 5.41) is 3.35. The number of nitrogens with zero attached hydrogens (tertiary/aromatic N) is 3. The normalized spacial score (nSPS) is 12.5. The summed E-state index contributed by atoms with van der Waals surface area (Å²) in [6, 6.07) is 0.117. The number of terminal acetylenes is 1. The molecule has 0 saturated carbocycles. The maximum absolute atomic E-state index is 5.48. The topological polar surface area (TPSA) is 42.2 Å². The molecule has 2 rings (SSSR count). The number of nitrogens with one attached hydrogen (secondary N) is 1. The van der Waals surface area contributed by atoms with E-state index in [2.05, 4.69) is 44.1 Å². The first kappa shape index (κ1) is 13.1. The fourth-order valence-electron chi connectivity index (χ4n) is 1.81. The monoisotopic (exact) mass is 306 g/mol. The van der Waals surface area contributed by atoms with Gasteiger partial charge in [-0.3, -0.25) is 9.72 Å². The lowest BCUT2D eigenvalue weighted by Crippen LogP contribution is -2.27. The summed E-state index contributed by atoms with van der Waals surface area (Å²) < 4.78 is 2.79. The van der Waals surface area contributed by atoms with Crippen LogP contribution in [0.2, 0.25) is 0 Å². The second-order valence-corrected chi connectivity index (χ2v) is 4.89. The molecule has 1 N–H and O–H groups in total. The molecule has 0 radical (unpaired) electrons. The van der Waals surface area contributed by atoms with Crippen LogP contribution in [0.5, 0.6) is 0 Å². The first-order valence-electron chi connectivity index (χ1n) is 5.91. The van der Waals surface area contributed by atoms with Crippen molar-refractivity contribution in [2.24, 2.45) is 0 Å². The van der Waals surface area contributed by atoms with E-state index in [1.54, 1.807) is 6.20 Å². The zero-order valence-electron chi connectivity index (χ0n) is 10.2. The van der Waals surface area contributed by atoms with Crippen LogP contribution in [0.1, 0.15) is 25.5 Å². The highest BCUT2D eigenvalue weighted by molar-refractivity contribution is 9.10. The van der Waals surface area contributed by atoms with Crippen LogP contribution in [0, 0.1) is 12.3 Å². The quantitative estimate of drug-likeness (QED) is 0.863. The van der Waals surface area contributed by atoms with E-state index in [-0.39, 0.29) is 6.04 Å². The van der Waals surface area contributed by atoms with Gasteiger partial charge in [-0.05, 0) is 22.4 Å². The van der Waals surface area contributed by atoms with Crippen molar-refractivity contribution in [3.05, 3.63) is 28.9 Å². The highest BCUT2D eigenvalue weighted by Gasteiger charge is 2.07. The Labute approximate surface area is 115 Å². The van der Waals surface area contributed by atoms with Crippen LogP contribution in [0.25, 0.3) is 5.65 Å². The molecule has 4 nitrogen and oxygen atoms in total. The van der Waals surface area contributed by atoms with E-state index >= 15 is 0 Å². The van der Waals surface area contributed by atoms with E-state index in [0.717, 1.165) is 28.8 Å². The van der Waals surface area contributed by atoms with Crippen LogP contribution in [0.15, 0.2) is 23.2 Å². The Bertz CT molecular complexity index is 570. The van der Waals surface area contributed by atoms with Gasteiger partial charge >= 0.3 is 0 Å². The Balaban J connectivity index is 2.12. The van der Waals surface area contributed by atoms with Gasteiger partial charge in [0.25, 0.3) is 0 Å². The molecular formula is C13H15BrN4. The molecule has 1 unspecified atom stereocenters. The molecular weight excluding hydrogens is 292 g/mol. The molecule has 5 heteroatoms. The van der Waals surface area contributed by atoms with E-state index in [1.165, 1.54) is 0 Å². The van der Waals surface area contributed by atoms with Crippen LogP contribution in [0.3, 0.4) is 0 Å². The van der Waals surface area contributed by atoms with Crippen molar-refractivity contribution < 1.29 is 0 Å². The van der Waals surface area contributed by atoms with Gasteiger partial charge in [0, 0.05) is 12.7 Å². The number of aromatic nitrogens is 3. The Morgan fingerprint density at radius 3 is 3.06 bits per heavy atom. The van der Waals surface area contributed by atoms with E-state index in [1.807, 2.05) is 16.8 Å². The Morgan fingerprint density at radius 2 is 2.33 bits per heavy atom. The largest absolute Gasteiger partial charge is 0.299 e. The SMILES string of the molecule is C#CC(CCC)NCc1cnc2cnc(Br)cn12. The minimum atomic E-state index is 0.117. The molecule has 2 aromatic rings. The number of hydrogen-bond donors (Lipinski definition) is 1. The molecule has 2 aromatic heterocycles. The van der Waals surface area contributed by atoms with Crippen molar-refractivity contribution in [2.75, 3.05) is 0 Å². The Hall–Kier alpha value is -1.38. The number of rotatable bonds is 5. The third-order valence-electron chi connectivity index (χ3n) is 2.75. The van der Waals surface area contributed by atoms with Crippen LogP contribution >= 0.6 is 15.9 Å². The van der Waals surface area contributed by atoms with E-state index in [0.29, 0.717) is 6.54 Å². The lowest BCUT2D eigenvalue weighted by molar-refractivity contribution is 0.556. The maximum Gasteiger partial charge on any atom is 0.155 e. The standard InChI is InChI=1S/C13H15BrN4/c1-3-5-10(4-2)15-6-11-7-17-13-8-16-12(14)9-18(11)13/h2,7-10,15H,3,5-6H2,1H3. The van der Waals surface area contributed by atoms with E-state index in [4.69, 9.17) is 6.42 Å². The Kier molecular flexibility index (Phi) is 4.34. The predicted octanol–water partition coefficient (Wildman–Crippen LogP) is 2.38. The fraction of sp³-hybridized carbons (Fsp3) is 0.385. The molecule has 1 atom stereocenters. The minimum Gasteiger partial charge on any atom is -0.299 e. The van der Waals surface area contributed by atoms with Gasteiger partial charge in [-0.15, -0.1) is 6.42 Å². The second kappa shape index (κ2) is 5.98. The molecule has 0 fully saturated rings. The van der Waals surface area contributed by atoms with Gasteiger partial charge < -0.3 is 0 Å². The van der Waals surface area contributed by atoms with Crippen LogP contribution in [-0.4, -0.2) is 20.4 Å². The van der Waals surface area contributed by atoms with Gasteiger partial charge in [-0.1, -0.05) is 19.3 Å². The van der Waals surface area contributed by atoms with Crippen molar-refractivity contribution in [2.45, 2.75) is 32.4 Å². The van der Waals surface area contributed by atoms with Crippen molar-refractivity contribution in [1.29, 1.82) is 0 Å². The summed E-state index contributed by atoms with van der Waals surface area (Å²) in [4.78, 5) is 8.44. The van der Waals surface area contributed by atoms with Crippen molar-refractivity contribution in [1.82, 2.24) is 19.7 Å². The molecule has 94 valence electrons. The lowest BCUT2D eigenvalue weighted by atomic mass is 10.2. The Morgan fingerprint density at radius 1 is 1.50 bits per heavy atom. The number of imidazole rings is 1. The van der Waals surface area contributed by atoms with Gasteiger partial charge in [0.15, 0.2) is 5.65 Å². The summed E-state index contributed by atoms with van der Waals surface area (Å²) in [5.41, 5.74) is 1.91. The number of halogens is 1. The summed E-state index contributed by atoms with van der Waals surface area (Å²) in [6.07, 6.45) is 13.0. The first-order valence-corrected chi connectivity index (χ1v) is 6.71. The molecule has 0 aliphatic carbocycles. The second-order valence-electron chi connectivity index (χ2n) is 4.08. The summed E-state index contributed by atoms with van der Waals surface area (Å²) in [5.74, 6) is 2.76. The van der Waals surface area contributed by atoms with Crippen LogP contribution in [0.4, 0.5) is 0 Å². The van der Waals surface area contributed by atoms with Crippen molar-refractivity contribution in [3.8, 4) is 12.3 Å². The molecule has 0 spiro atoms. The fourth-order valence-corrected chi connectivity index (χ4v) is 2.11. The van der Waals surface area contributed by atoms with Gasteiger partial charge in [-0.2, -0.15) is 0 Å². The number of fused-ring (bicyclic) bond motifs is 1. The third kappa shape index (κ3) is 2.89. The predicted molar refractivity (Wildman–Crippen MR) is 75.1 cm³/mol. The third-order valence-corrected chi connectivity index (χ3v) is 3.16. The first-order chi connectivity index (χ1) is 8.74.